The van der Waals surface area contributed by atoms with Gasteiger partial charge >= 0.3 is 0 Å². The van der Waals surface area contributed by atoms with E-state index in [1.165, 1.54) is 227 Å². The number of para-hydroxylation sites is 2. The molecule has 13 aromatic carbocycles. The van der Waals surface area contributed by atoms with Crippen LogP contribution >= 0.6 is 0 Å². The lowest BCUT2D eigenvalue weighted by molar-refractivity contribution is 0.399. The topological polar surface area (TPSA) is 29.5 Å². The van der Waals surface area contributed by atoms with Gasteiger partial charge in [0, 0.05) is 76.8 Å². The number of hydrogen-bond donors (Lipinski definition) is 0. The monoisotopic (exact) mass is 1430 g/mol. The Labute approximate surface area is 650 Å². The molecule has 5 aliphatic carbocycles. The largest absolute Gasteiger partial charge is 0.455 e. The van der Waals surface area contributed by atoms with E-state index in [4.69, 9.17) is 8.83 Å². The Morgan fingerprint density at radius 1 is 0.282 bits per heavy atom. The van der Waals surface area contributed by atoms with Crippen molar-refractivity contribution in [1.29, 1.82) is 0 Å². The van der Waals surface area contributed by atoms with Crippen molar-refractivity contribution in [3.8, 4) is 89.0 Å². The second-order valence-electron chi connectivity index (χ2n) is 35.5. The summed E-state index contributed by atoms with van der Waals surface area (Å²) in [4.78, 5) is 2.53. The zero-order valence-corrected chi connectivity index (χ0v) is 66.3. The number of nitrogens with zero attached hydrogens (tertiary/aromatic N) is 1. The first-order valence-corrected chi connectivity index (χ1v) is 41.2. The van der Waals surface area contributed by atoms with E-state index in [1.54, 1.807) is 11.1 Å². The minimum absolute atomic E-state index is 0.0450. The van der Waals surface area contributed by atoms with Crippen LogP contribution in [0.4, 0.5) is 17.1 Å². The van der Waals surface area contributed by atoms with Crippen molar-refractivity contribution in [1.82, 2.24) is 0 Å². The van der Waals surface area contributed by atoms with Crippen LogP contribution < -0.4 is 4.90 Å². The smallest absolute Gasteiger partial charge is 0.144 e. The van der Waals surface area contributed by atoms with Gasteiger partial charge in [-0.2, -0.15) is 0 Å². The highest BCUT2D eigenvalue weighted by molar-refractivity contribution is 6.22. The molecule has 110 heavy (non-hydrogen) atoms. The van der Waals surface area contributed by atoms with E-state index in [-0.39, 0.29) is 27.1 Å². The summed E-state index contributed by atoms with van der Waals surface area (Å²) in [7, 11) is 0. The lowest BCUT2D eigenvalue weighted by Crippen LogP contribution is -2.25. The molecule has 0 bridgehead atoms. The van der Waals surface area contributed by atoms with Crippen LogP contribution in [0.25, 0.3) is 133 Å². The fourth-order valence-electron chi connectivity index (χ4n) is 21.9. The van der Waals surface area contributed by atoms with E-state index in [2.05, 4.69) is 325 Å². The third-order valence-electron chi connectivity index (χ3n) is 27.4. The maximum Gasteiger partial charge on any atom is 0.144 e. The van der Waals surface area contributed by atoms with E-state index in [1.807, 2.05) is 0 Å². The minimum Gasteiger partial charge on any atom is -0.455 e. The first kappa shape index (κ1) is 68.5. The van der Waals surface area contributed by atoms with Gasteiger partial charge in [0.15, 0.2) is 0 Å². The number of benzene rings is 13. The quantitative estimate of drug-likeness (QED) is 0.0802. The predicted octanol–water partition coefficient (Wildman–Crippen LogP) is 30.8. The molecule has 3 heteroatoms. The third-order valence-corrected chi connectivity index (χ3v) is 27.4. The summed E-state index contributed by atoms with van der Waals surface area (Å²) in [6, 6.07) is 91.5. The molecule has 0 atom stereocenters. The highest BCUT2D eigenvalue weighted by atomic mass is 16.3. The lowest BCUT2D eigenvalue weighted by Gasteiger charge is -2.33. The van der Waals surface area contributed by atoms with Crippen molar-refractivity contribution in [2.75, 3.05) is 4.90 Å². The number of hydrogen-bond acceptors (Lipinski definition) is 3. The molecule has 0 aliphatic heterocycles. The molecule has 2 heterocycles. The van der Waals surface area contributed by atoms with Gasteiger partial charge in [-0.25, -0.2) is 0 Å². The predicted molar refractivity (Wildman–Crippen MR) is 465 cm³/mol. The second-order valence-corrected chi connectivity index (χ2v) is 35.5. The molecule has 5 aliphatic rings. The summed E-state index contributed by atoms with van der Waals surface area (Å²) in [6.07, 6.45) is 15.5. The lowest BCUT2D eigenvalue weighted by atomic mass is 9.70. The van der Waals surface area contributed by atoms with E-state index >= 15 is 0 Å². The van der Waals surface area contributed by atoms with Crippen molar-refractivity contribution in [3.05, 3.63) is 303 Å². The molecule has 0 saturated carbocycles. The second kappa shape index (κ2) is 25.1. The Kier molecular flexibility index (Phi) is 15.7. The molecule has 0 fully saturated rings. The van der Waals surface area contributed by atoms with Gasteiger partial charge < -0.3 is 13.7 Å². The van der Waals surface area contributed by atoms with Crippen molar-refractivity contribution in [2.24, 2.45) is 0 Å². The van der Waals surface area contributed by atoms with Gasteiger partial charge in [0.1, 0.15) is 22.3 Å². The van der Waals surface area contributed by atoms with Gasteiger partial charge in [0.25, 0.3) is 0 Å². The summed E-state index contributed by atoms with van der Waals surface area (Å²) in [5, 5.41) is 4.71. The van der Waals surface area contributed by atoms with Crippen molar-refractivity contribution < 1.29 is 8.83 Å². The molecule has 0 unspecified atom stereocenters. The molecule has 15 aromatic rings. The number of unbranched alkanes of at least 4 members (excludes halogenated alkanes) is 8. The summed E-state index contributed by atoms with van der Waals surface area (Å²) >= 11 is 0. The van der Waals surface area contributed by atoms with Crippen LogP contribution in [0, 0.1) is 13.8 Å². The molecule has 0 saturated heterocycles. The Hall–Kier alpha value is -10.7. The SMILES string of the molecule is CCCCCCCC1(CCCCCCC)c2ccccc2-c2ccc(-c3ccc4c(c3)C(C)(C)c3cc(-c5ccc(-c6cc7c(c8c6oc6ccccc68)-c6ccc(N(c8cc(C)cc(C)c8)c8ccc9c(c8)C(C)(C)c8c%10c(c%11oc%12ccccc%12c%11c8-9)-c8ccccc8C%10(C)C)cc6C7(C)C)cc5)ccc3-4)cc21. The molecule has 0 amide bonds. The van der Waals surface area contributed by atoms with Gasteiger partial charge in [-0.15, -0.1) is 0 Å². The summed E-state index contributed by atoms with van der Waals surface area (Å²) in [5.74, 6) is 0. The average Bonchev–Trinajstić information content (AvgIpc) is 1.48. The van der Waals surface area contributed by atoms with Crippen LogP contribution in [0.2, 0.25) is 0 Å². The van der Waals surface area contributed by atoms with Crippen LogP contribution in [0.1, 0.15) is 213 Å². The molecular weight excluding hydrogens is 1330 g/mol. The molecule has 0 radical (unpaired) electrons. The van der Waals surface area contributed by atoms with E-state index in [9.17, 15) is 0 Å². The maximum atomic E-state index is 7.15. The van der Waals surface area contributed by atoms with Crippen LogP contribution in [-0.4, -0.2) is 0 Å². The summed E-state index contributed by atoms with van der Waals surface area (Å²) in [6.45, 7) is 28.7. The molecular formula is C107H99NO2. The minimum atomic E-state index is -0.378. The van der Waals surface area contributed by atoms with E-state index in [0.717, 1.165) is 55.9 Å². The number of furan rings is 2. The van der Waals surface area contributed by atoms with Gasteiger partial charge in [0.05, 0.1) is 0 Å². The molecule has 3 nitrogen and oxygen atoms in total. The van der Waals surface area contributed by atoms with Gasteiger partial charge in [0.2, 0.25) is 0 Å². The number of aryl methyl sites for hydroxylation is 2. The fourth-order valence-corrected chi connectivity index (χ4v) is 21.9. The Balaban J connectivity index is 0.640. The van der Waals surface area contributed by atoms with Crippen LogP contribution in [-0.2, 0) is 27.1 Å². The number of anilines is 3. The molecule has 544 valence electrons. The zero-order chi connectivity index (χ0) is 75.1. The molecule has 2 aromatic heterocycles. The first-order chi connectivity index (χ1) is 53.3. The third kappa shape index (κ3) is 10.00. The van der Waals surface area contributed by atoms with Gasteiger partial charge in [-0.05, 0) is 244 Å². The summed E-state index contributed by atoms with van der Waals surface area (Å²) < 4.78 is 14.2. The Bertz CT molecular complexity index is 6310. The standard InChI is InChI=1S/C107H99NO2/c1-13-15-17-19-29-53-107(54-30-20-18-16-14-2)85-36-26-21-31-74(85)77-50-45-70(60-90(77)107)69-44-49-76-75-48-43-68(58-86(75)103(5,6)87(76)59-69)66-39-41-67(42-40-66)83-63-91-94(96-81-33-23-27-37-92(81)109-101(83)96)79-51-46-71(61-88(79)104(91,7)8)108(73-56-64(3)55-65(4)57-73)72-47-52-80-89(62-72)106(11,12)99-95(80)97-82-34-24-28-38-93(82)110-102(97)98-78-32-22-25-35-84(78)105(9,10)100(98)99/h21-28,31-52,55-63H,13-20,29-30,53-54H2,1-12H3. The molecule has 0 N–H and O–H groups in total. The number of rotatable bonds is 18. The highest BCUT2D eigenvalue weighted by Gasteiger charge is 2.50. The van der Waals surface area contributed by atoms with E-state index in [0.29, 0.717) is 0 Å². The van der Waals surface area contributed by atoms with Crippen LogP contribution in [0.15, 0.2) is 245 Å². The van der Waals surface area contributed by atoms with E-state index < -0.39 is 0 Å². The first-order valence-electron chi connectivity index (χ1n) is 41.2. The zero-order valence-electron chi connectivity index (χ0n) is 66.3. The Morgan fingerprint density at radius 2 is 0.700 bits per heavy atom. The number of fused-ring (bicyclic) bond motifs is 25. The highest BCUT2D eigenvalue weighted by Crippen LogP contribution is 2.65. The maximum absolute atomic E-state index is 7.15. The summed E-state index contributed by atoms with van der Waals surface area (Å²) in [5.41, 5.74) is 43.1. The fraction of sp³-hybridized carbons (Fsp3) is 0.271. The van der Waals surface area contributed by atoms with Gasteiger partial charge in [-0.3, -0.25) is 0 Å². The van der Waals surface area contributed by atoms with Crippen molar-refractivity contribution in [3.63, 3.8) is 0 Å². The van der Waals surface area contributed by atoms with Gasteiger partial charge in [-0.1, -0.05) is 297 Å². The van der Waals surface area contributed by atoms with Crippen molar-refractivity contribution in [2.45, 2.75) is 187 Å². The average molecular weight is 1430 g/mol. The Morgan fingerprint density at radius 3 is 1.31 bits per heavy atom. The van der Waals surface area contributed by atoms with Crippen LogP contribution in [0.5, 0.6) is 0 Å². The van der Waals surface area contributed by atoms with Crippen LogP contribution in [0.3, 0.4) is 0 Å². The normalized spacial score (nSPS) is 15.5. The van der Waals surface area contributed by atoms with Crippen molar-refractivity contribution >= 4 is 60.9 Å². The molecule has 0 spiro atoms. The molecule has 20 rings (SSSR count).